The summed E-state index contributed by atoms with van der Waals surface area (Å²) in [5.74, 6) is -2.34. The minimum atomic E-state index is -1.23. The number of nitrogens with one attached hydrogen (secondary N) is 2. The van der Waals surface area contributed by atoms with Crippen molar-refractivity contribution in [3.8, 4) is 6.07 Å². The highest BCUT2D eigenvalue weighted by molar-refractivity contribution is 5.93. The fraction of sp³-hybridized carbons (Fsp3) is 0.560. The third-order valence-electron chi connectivity index (χ3n) is 5.17. The topological polar surface area (TPSA) is 138 Å². The van der Waals surface area contributed by atoms with E-state index in [0.29, 0.717) is 5.56 Å². The first-order chi connectivity index (χ1) is 16.2. The molecule has 10 nitrogen and oxygen atoms in total. The number of hydrogen-bond acceptors (Lipinski definition) is 7. The molecule has 0 spiro atoms. The number of aryl methyl sites for hydroxylation is 2. The van der Waals surface area contributed by atoms with E-state index in [1.807, 2.05) is 19.9 Å². The van der Waals surface area contributed by atoms with E-state index in [1.54, 1.807) is 52.8 Å². The highest BCUT2D eigenvalue weighted by Gasteiger charge is 2.37. The molecule has 192 valence electrons. The number of ether oxygens (including phenoxy) is 2. The number of carbonyl (C=O) groups is 4. The average Bonchev–Trinajstić information content (AvgIpc) is 2.75. The van der Waals surface area contributed by atoms with Gasteiger partial charge in [-0.3, -0.25) is 14.4 Å². The highest BCUT2D eigenvalue weighted by atomic mass is 16.6. The molecule has 2 atom stereocenters. The van der Waals surface area contributed by atoms with E-state index in [4.69, 9.17) is 4.74 Å². The van der Waals surface area contributed by atoms with Gasteiger partial charge in [0.2, 0.25) is 11.8 Å². The molecule has 1 aromatic rings. The van der Waals surface area contributed by atoms with Crippen molar-refractivity contribution >= 4 is 23.9 Å². The largest absolute Gasteiger partial charge is 0.468 e. The quantitative estimate of drug-likeness (QED) is 0.402. The smallest absolute Gasteiger partial charge is 0.408 e. The molecule has 0 aliphatic carbocycles. The van der Waals surface area contributed by atoms with Crippen molar-refractivity contribution in [2.45, 2.75) is 66.2 Å². The van der Waals surface area contributed by atoms with Gasteiger partial charge in [-0.05, 0) is 57.2 Å². The minimum absolute atomic E-state index is 0.380. The molecule has 0 aliphatic heterocycles. The van der Waals surface area contributed by atoms with Crippen LogP contribution in [0.2, 0.25) is 0 Å². The number of hydrogen-bond donors (Lipinski definition) is 2. The predicted octanol–water partition coefficient (Wildman–Crippen LogP) is 2.54. The molecule has 1 aromatic carbocycles. The lowest BCUT2D eigenvalue weighted by Gasteiger charge is -2.34. The van der Waals surface area contributed by atoms with Crippen LogP contribution in [0.5, 0.6) is 0 Å². The molecule has 0 heterocycles. The Morgan fingerprint density at radius 3 is 2.23 bits per heavy atom. The number of alkyl carbamates (subject to hydrolysis) is 1. The standard InChI is InChI=1S/C25H36N4O6/c1-15(2)20(28-24(33)35-25(5,6)7)23(32)29(12-11-26)21(22(31)27-14-19(30)34-8)18-10-9-16(3)17(4)13-18/h9-10,13,15,20-21H,12,14H2,1-8H3,(H,27,31)(H,28,33). The van der Waals surface area contributed by atoms with Crippen LogP contribution in [0.1, 0.15) is 57.4 Å². The lowest BCUT2D eigenvalue weighted by atomic mass is 9.96. The number of esters is 1. The van der Waals surface area contributed by atoms with Crippen LogP contribution in [0.15, 0.2) is 18.2 Å². The maximum absolute atomic E-state index is 13.7. The lowest BCUT2D eigenvalue weighted by Crippen LogP contribution is -2.55. The number of nitriles is 1. The third-order valence-corrected chi connectivity index (χ3v) is 5.17. The molecule has 0 radical (unpaired) electrons. The molecule has 35 heavy (non-hydrogen) atoms. The van der Waals surface area contributed by atoms with Gasteiger partial charge in [0.25, 0.3) is 0 Å². The van der Waals surface area contributed by atoms with Crippen molar-refractivity contribution in [1.29, 1.82) is 5.26 Å². The van der Waals surface area contributed by atoms with Crippen LogP contribution in [-0.4, -0.2) is 60.6 Å². The van der Waals surface area contributed by atoms with Gasteiger partial charge in [0.05, 0.1) is 13.2 Å². The fourth-order valence-corrected chi connectivity index (χ4v) is 3.24. The second-order valence-corrected chi connectivity index (χ2v) is 9.53. The molecular formula is C25H36N4O6. The number of carbonyl (C=O) groups excluding carboxylic acids is 4. The fourth-order valence-electron chi connectivity index (χ4n) is 3.24. The van der Waals surface area contributed by atoms with Gasteiger partial charge in [-0.1, -0.05) is 32.0 Å². The molecule has 0 saturated heterocycles. The predicted molar refractivity (Wildman–Crippen MR) is 129 cm³/mol. The van der Waals surface area contributed by atoms with E-state index in [-0.39, 0.29) is 5.92 Å². The Hall–Kier alpha value is -3.61. The molecule has 2 N–H and O–H groups in total. The normalized spacial score (nSPS) is 12.7. The molecule has 0 aliphatic rings. The van der Waals surface area contributed by atoms with E-state index >= 15 is 0 Å². The van der Waals surface area contributed by atoms with Crippen LogP contribution in [0.4, 0.5) is 4.79 Å². The summed E-state index contributed by atoms with van der Waals surface area (Å²) < 4.78 is 9.87. The van der Waals surface area contributed by atoms with Crippen LogP contribution < -0.4 is 10.6 Å². The van der Waals surface area contributed by atoms with E-state index in [1.165, 1.54) is 7.11 Å². The zero-order chi connectivity index (χ0) is 26.9. The van der Waals surface area contributed by atoms with Gasteiger partial charge in [-0.25, -0.2) is 4.79 Å². The Morgan fingerprint density at radius 2 is 1.74 bits per heavy atom. The van der Waals surface area contributed by atoms with E-state index in [0.717, 1.165) is 16.0 Å². The Balaban J connectivity index is 3.46. The van der Waals surface area contributed by atoms with Gasteiger partial charge >= 0.3 is 12.1 Å². The molecule has 0 fully saturated rings. The van der Waals surface area contributed by atoms with Gasteiger partial charge in [0.1, 0.15) is 30.8 Å². The summed E-state index contributed by atoms with van der Waals surface area (Å²) in [6.45, 7) is 11.5. The van der Waals surface area contributed by atoms with Crippen molar-refractivity contribution in [3.05, 3.63) is 34.9 Å². The van der Waals surface area contributed by atoms with Gasteiger partial charge < -0.3 is 25.0 Å². The van der Waals surface area contributed by atoms with E-state index in [2.05, 4.69) is 15.4 Å². The van der Waals surface area contributed by atoms with Crippen LogP contribution in [-0.2, 0) is 23.9 Å². The van der Waals surface area contributed by atoms with Crippen LogP contribution in [0.25, 0.3) is 0 Å². The summed E-state index contributed by atoms with van der Waals surface area (Å²) in [7, 11) is 1.19. The van der Waals surface area contributed by atoms with Crippen molar-refractivity contribution < 1.29 is 28.7 Å². The molecule has 3 amide bonds. The zero-order valence-electron chi connectivity index (χ0n) is 21.7. The highest BCUT2D eigenvalue weighted by Crippen LogP contribution is 2.25. The molecule has 1 rings (SSSR count). The van der Waals surface area contributed by atoms with Crippen LogP contribution in [0.3, 0.4) is 0 Å². The number of nitrogens with zero attached hydrogens (tertiary/aromatic N) is 2. The summed E-state index contributed by atoms with van der Waals surface area (Å²) in [6.07, 6.45) is -0.792. The average molecular weight is 489 g/mol. The number of methoxy groups -OCH3 is 1. The van der Waals surface area contributed by atoms with Crippen molar-refractivity contribution in [3.63, 3.8) is 0 Å². The Labute approximate surface area is 206 Å². The van der Waals surface area contributed by atoms with Crippen LogP contribution >= 0.6 is 0 Å². The van der Waals surface area contributed by atoms with Crippen molar-refractivity contribution in [2.75, 3.05) is 20.2 Å². The maximum Gasteiger partial charge on any atom is 0.408 e. The molecule has 0 saturated carbocycles. The van der Waals surface area contributed by atoms with Crippen molar-refractivity contribution in [1.82, 2.24) is 15.5 Å². The molecule has 0 aromatic heterocycles. The number of rotatable bonds is 9. The van der Waals surface area contributed by atoms with E-state index < -0.39 is 54.7 Å². The second-order valence-electron chi connectivity index (χ2n) is 9.53. The number of amides is 3. The summed E-state index contributed by atoms with van der Waals surface area (Å²) in [4.78, 5) is 52.0. The molecular weight excluding hydrogens is 452 g/mol. The monoisotopic (exact) mass is 488 g/mol. The Bertz CT molecular complexity index is 977. The van der Waals surface area contributed by atoms with E-state index in [9.17, 15) is 24.4 Å². The second kappa shape index (κ2) is 12.7. The summed E-state index contributed by atoms with van der Waals surface area (Å²) in [5, 5.41) is 14.6. The Kier molecular flexibility index (Phi) is 10.7. The summed E-state index contributed by atoms with van der Waals surface area (Å²) in [5.41, 5.74) is 1.53. The maximum atomic E-state index is 13.7. The van der Waals surface area contributed by atoms with Gasteiger partial charge in [-0.15, -0.1) is 0 Å². The van der Waals surface area contributed by atoms with Gasteiger partial charge in [0.15, 0.2) is 0 Å². The lowest BCUT2D eigenvalue weighted by molar-refractivity contribution is -0.144. The molecule has 0 bridgehead atoms. The first-order valence-corrected chi connectivity index (χ1v) is 11.3. The first-order valence-electron chi connectivity index (χ1n) is 11.3. The SMILES string of the molecule is COC(=O)CNC(=O)C(c1ccc(C)c(C)c1)N(CC#N)C(=O)C(NC(=O)OC(C)(C)C)C(C)C. The summed E-state index contributed by atoms with van der Waals surface area (Å²) in [6, 6.07) is 4.88. The Morgan fingerprint density at radius 1 is 1.11 bits per heavy atom. The molecule has 10 heteroatoms. The van der Waals surface area contributed by atoms with Gasteiger partial charge in [0, 0.05) is 0 Å². The minimum Gasteiger partial charge on any atom is -0.468 e. The third kappa shape index (κ3) is 8.92. The summed E-state index contributed by atoms with van der Waals surface area (Å²) >= 11 is 0. The van der Waals surface area contributed by atoms with Crippen LogP contribution in [0, 0.1) is 31.1 Å². The van der Waals surface area contributed by atoms with Crippen molar-refractivity contribution in [2.24, 2.45) is 5.92 Å². The molecule has 2 unspecified atom stereocenters. The first kappa shape index (κ1) is 29.4. The van der Waals surface area contributed by atoms with Gasteiger partial charge in [-0.2, -0.15) is 5.26 Å². The number of benzene rings is 1. The zero-order valence-corrected chi connectivity index (χ0v) is 21.7.